The molecule has 0 spiro atoms. The topological polar surface area (TPSA) is 187 Å². The first-order valence-corrected chi connectivity index (χ1v) is 27.6. The third-order valence-corrected chi connectivity index (χ3v) is 14.4. The predicted octanol–water partition coefficient (Wildman–Crippen LogP) is 12.3. The smallest absolute Gasteiger partial charge is 0.411 e. The van der Waals surface area contributed by atoms with Crippen LogP contribution in [0, 0.1) is 13.1 Å². The van der Waals surface area contributed by atoms with Crippen LogP contribution in [0.5, 0.6) is 11.5 Å². The van der Waals surface area contributed by atoms with E-state index in [0.717, 1.165) is 106 Å². The van der Waals surface area contributed by atoms with Gasteiger partial charge in [-0.25, -0.2) is 14.5 Å². The van der Waals surface area contributed by atoms with Crippen LogP contribution in [0.25, 0.3) is 55.4 Å². The molecule has 0 unspecified atom stereocenters. The Morgan fingerprint density at radius 1 is 0.684 bits per heavy atom. The summed E-state index contributed by atoms with van der Waals surface area (Å²) in [6.07, 6.45) is 8.84. The largest absolute Gasteiger partial charge is 0.502 e. The van der Waals surface area contributed by atoms with Gasteiger partial charge >= 0.3 is 6.09 Å². The van der Waals surface area contributed by atoms with E-state index in [2.05, 4.69) is 36.4 Å². The van der Waals surface area contributed by atoms with E-state index in [0.29, 0.717) is 70.4 Å². The third-order valence-electron chi connectivity index (χ3n) is 14.4. The number of amides is 3. The molecule has 2 saturated heterocycles. The van der Waals surface area contributed by atoms with Gasteiger partial charge in [-0.05, 0) is 171 Å². The zero-order valence-corrected chi connectivity index (χ0v) is 46.3. The number of hydrogen-bond donors (Lipinski definition) is 1. The minimum atomic E-state index is -0.696. The van der Waals surface area contributed by atoms with E-state index in [9.17, 15) is 14.4 Å². The lowest BCUT2D eigenvalue weighted by molar-refractivity contribution is -0.132. The van der Waals surface area contributed by atoms with E-state index in [1.807, 2.05) is 94.7 Å². The van der Waals surface area contributed by atoms with Gasteiger partial charge in [0.1, 0.15) is 23.6 Å². The molecule has 2 aromatic heterocycles. The number of nitrogens with one attached hydrogen (secondary N) is 1. The van der Waals surface area contributed by atoms with E-state index in [1.54, 1.807) is 35.2 Å². The molecule has 4 aromatic carbocycles. The summed E-state index contributed by atoms with van der Waals surface area (Å²) in [6, 6.07) is 22.4. The van der Waals surface area contributed by atoms with Gasteiger partial charge in [0.05, 0.1) is 37.9 Å². The van der Waals surface area contributed by atoms with Crippen LogP contribution in [-0.2, 0) is 27.2 Å². The standard InChI is InChI=1S/C33H39N5O5.C28H31N5O3/c1-21(2)41-28-16-15-22(19-26(28)34-6)31-35-30(36-43-31)25-13-9-12-24-23(25)11-10-14-27(24)38(32(40)42-33(3,4)5)20-29(39)37-17-7-8-18-37;1-18(2)35-25-13-12-19(16-24(25)29-3)28-31-27(32-36-28)22-10-6-9-21-20(22)8-7-11-23(21)30-17-26(34)33-14-4-5-15-33/h9,12-13,15-16,19,21,27H,7-8,10-11,14,17-18,20H2,1-5H3;6,9-10,12-13,16,18,23,30H,4-5,7-8,11,14-15,17H2,1-2H3/t27-;23-/m11/s1. The summed E-state index contributed by atoms with van der Waals surface area (Å²) in [5, 5.41) is 12.1. The van der Waals surface area contributed by atoms with Gasteiger partial charge in [-0.3, -0.25) is 14.5 Å². The highest BCUT2D eigenvalue weighted by molar-refractivity contribution is 5.83. The van der Waals surface area contributed by atoms with Crippen LogP contribution < -0.4 is 14.8 Å². The fourth-order valence-corrected chi connectivity index (χ4v) is 10.8. The van der Waals surface area contributed by atoms with Crippen molar-refractivity contribution >= 4 is 29.3 Å². The van der Waals surface area contributed by atoms with Crippen LogP contribution >= 0.6 is 0 Å². The Hall–Kier alpha value is -8.09. The number of carbonyl (C=O) groups is 3. The molecule has 79 heavy (non-hydrogen) atoms. The van der Waals surface area contributed by atoms with Crippen LogP contribution in [0.4, 0.5) is 16.2 Å². The highest BCUT2D eigenvalue weighted by Gasteiger charge is 2.36. The van der Waals surface area contributed by atoms with E-state index in [1.165, 1.54) is 11.1 Å². The summed E-state index contributed by atoms with van der Waals surface area (Å²) in [5.74, 6) is 2.80. The third kappa shape index (κ3) is 13.3. The molecule has 10 rings (SSSR count). The monoisotopic (exact) mass is 1070 g/mol. The lowest BCUT2D eigenvalue weighted by Crippen LogP contribution is -2.46. The molecule has 0 radical (unpaired) electrons. The molecule has 3 amide bonds. The van der Waals surface area contributed by atoms with Crippen molar-refractivity contribution in [2.75, 3.05) is 39.3 Å². The van der Waals surface area contributed by atoms with Gasteiger partial charge in [0.25, 0.3) is 11.8 Å². The van der Waals surface area contributed by atoms with Crippen molar-refractivity contribution in [3.05, 3.63) is 118 Å². The number of likely N-dealkylation sites (tertiary alicyclic amines) is 2. The molecule has 0 bridgehead atoms. The van der Waals surface area contributed by atoms with E-state index >= 15 is 0 Å². The average Bonchev–Trinajstić information content (AvgIpc) is 4.38. The van der Waals surface area contributed by atoms with Crippen LogP contribution in [0.15, 0.2) is 81.8 Å². The molecular formula is C61H70N10O8. The molecular weight excluding hydrogens is 1000 g/mol. The summed E-state index contributed by atoms with van der Waals surface area (Å²) in [4.78, 5) is 61.3. The highest BCUT2D eigenvalue weighted by atomic mass is 16.6. The molecule has 18 nitrogen and oxygen atoms in total. The van der Waals surface area contributed by atoms with Crippen molar-refractivity contribution in [1.82, 2.24) is 40.3 Å². The first-order valence-electron chi connectivity index (χ1n) is 27.6. The molecule has 412 valence electrons. The van der Waals surface area contributed by atoms with Gasteiger partial charge in [0, 0.05) is 54.5 Å². The quantitative estimate of drug-likeness (QED) is 0.102. The Kier molecular flexibility index (Phi) is 17.4. The fourth-order valence-electron chi connectivity index (χ4n) is 10.8. The lowest BCUT2D eigenvalue weighted by atomic mass is 9.84. The van der Waals surface area contributed by atoms with Crippen LogP contribution in [0.3, 0.4) is 0 Å². The maximum absolute atomic E-state index is 13.5. The van der Waals surface area contributed by atoms with Crippen LogP contribution in [0.2, 0.25) is 0 Å². The molecule has 2 fully saturated rings. The SMILES string of the molecule is [C-]#[N+]c1cc(-c2nc(-c3cccc4c3CCC[C@H]4N(CC(=O)N3CCCC3)C(=O)OC(C)(C)C)no2)ccc1OC(C)C.[C-]#[N+]c1cc(-c2nc(-c3cccc4c3CCC[C@H]4NCC(=O)N3CCCC3)no2)ccc1OC(C)C. The predicted molar refractivity (Wildman–Crippen MR) is 298 cm³/mol. The summed E-state index contributed by atoms with van der Waals surface area (Å²) in [6.45, 7) is 31.8. The second kappa shape index (κ2) is 24.7. The number of benzene rings is 4. The minimum Gasteiger partial charge on any atom is -0.502 e. The Morgan fingerprint density at radius 3 is 1.68 bits per heavy atom. The molecule has 6 aromatic rings. The lowest BCUT2D eigenvalue weighted by Gasteiger charge is -2.37. The van der Waals surface area contributed by atoms with Gasteiger partial charge in [-0.2, -0.15) is 9.97 Å². The number of nitrogens with zero attached hydrogens (tertiary/aromatic N) is 9. The van der Waals surface area contributed by atoms with Crippen molar-refractivity contribution in [1.29, 1.82) is 0 Å². The van der Waals surface area contributed by atoms with Crippen LogP contribution in [0.1, 0.15) is 134 Å². The fraction of sp³-hybridized carbons (Fsp3) is 0.459. The van der Waals surface area contributed by atoms with Gasteiger partial charge in [-0.15, -0.1) is 0 Å². The second-order valence-corrected chi connectivity index (χ2v) is 22.0. The molecule has 2 aliphatic heterocycles. The Bertz CT molecular complexity index is 3240. The maximum Gasteiger partial charge on any atom is 0.411 e. The van der Waals surface area contributed by atoms with E-state index in [-0.39, 0.29) is 42.7 Å². The molecule has 2 aliphatic carbocycles. The van der Waals surface area contributed by atoms with Gasteiger partial charge in [0.2, 0.25) is 34.8 Å². The van der Waals surface area contributed by atoms with Crippen molar-refractivity contribution in [2.24, 2.45) is 0 Å². The minimum absolute atomic E-state index is 0.0210. The zero-order chi connectivity index (χ0) is 55.8. The number of rotatable bonds is 14. The highest BCUT2D eigenvalue weighted by Crippen LogP contribution is 2.42. The first kappa shape index (κ1) is 55.7. The summed E-state index contributed by atoms with van der Waals surface area (Å²) < 4.78 is 28.5. The Balaban J connectivity index is 0.000000195. The summed E-state index contributed by atoms with van der Waals surface area (Å²) in [5.41, 5.74) is 7.54. The Morgan fingerprint density at radius 2 is 1.18 bits per heavy atom. The van der Waals surface area contributed by atoms with Gasteiger partial charge in [-0.1, -0.05) is 46.7 Å². The van der Waals surface area contributed by atoms with Crippen LogP contribution in [-0.4, -0.2) is 110 Å². The average molecular weight is 1070 g/mol. The number of fused-ring (bicyclic) bond motifs is 2. The number of hydrogen-bond acceptors (Lipinski definition) is 13. The molecule has 1 N–H and O–H groups in total. The number of aromatic nitrogens is 4. The molecule has 0 saturated carbocycles. The van der Waals surface area contributed by atoms with Crippen molar-refractivity contribution in [2.45, 2.75) is 143 Å². The second-order valence-electron chi connectivity index (χ2n) is 22.0. The molecule has 4 aliphatic rings. The van der Waals surface area contributed by atoms with Gasteiger partial charge < -0.3 is 38.4 Å². The molecule has 2 atom stereocenters. The maximum atomic E-state index is 13.5. The first-order chi connectivity index (χ1) is 38.1. The summed E-state index contributed by atoms with van der Waals surface area (Å²) in [7, 11) is 0. The van der Waals surface area contributed by atoms with Crippen molar-refractivity contribution < 1.29 is 37.6 Å². The summed E-state index contributed by atoms with van der Waals surface area (Å²) >= 11 is 0. The normalized spacial score (nSPS) is 16.8. The van der Waals surface area contributed by atoms with Gasteiger partial charge in [0.15, 0.2) is 0 Å². The van der Waals surface area contributed by atoms with Crippen molar-refractivity contribution in [3.63, 3.8) is 0 Å². The van der Waals surface area contributed by atoms with E-state index in [4.69, 9.17) is 41.4 Å². The molecule has 4 heterocycles. The van der Waals surface area contributed by atoms with Crippen molar-refractivity contribution in [3.8, 4) is 57.2 Å². The number of ether oxygens (including phenoxy) is 3. The molecule has 18 heteroatoms. The number of carbonyl (C=O) groups excluding carboxylic acids is 3. The Labute approximate surface area is 462 Å². The zero-order valence-electron chi connectivity index (χ0n) is 46.3. The van der Waals surface area contributed by atoms with E-state index < -0.39 is 11.7 Å².